The number of piperazine rings is 1. The predicted molar refractivity (Wildman–Crippen MR) is 115 cm³/mol. The first-order valence-electron chi connectivity index (χ1n) is 10.6. The van der Waals surface area contributed by atoms with Gasteiger partial charge in [0.25, 0.3) is 0 Å². The molecule has 0 radical (unpaired) electrons. The van der Waals surface area contributed by atoms with E-state index in [0.717, 1.165) is 23.6 Å². The number of Topliss-reactive ketones (excluding diaryl/α,β-unsaturated/α-hetero) is 2. The average molecular weight is 433 g/mol. The molecule has 2 aliphatic heterocycles. The number of nitrogens with one attached hydrogen (secondary N) is 1. The van der Waals surface area contributed by atoms with E-state index in [1.165, 1.54) is 6.92 Å². The number of rotatable bonds is 4. The lowest BCUT2D eigenvalue weighted by atomic mass is 9.89. The van der Waals surface area contributed by atoms with Crippen molar-refractivity contribution in [3.05, 3.63) is 70.5 Å². The molecule has 2 aromatic carbocycles. The smallest absolute Gasteiger partial charge is 0.231 e. The van der Waals surface area contributed by atoms with Gasteiger partial charge >= 0.3 is 0 Å². The fourth-order valence-electron chi connectivity index (χ4n) is 4.38. The van der Waals surface area contributed by atoms with Crippen LogP contribution in [0.25, 0.3) is 0 Å². The molecule has 8 heteroatoms. The largest absolute Gasteiger partial charge is 0.454 e. The average Bonchev–Trinajstić information content (AvgIpc) is 3.26. The predicted octanol–water partition coefficient (Wildman–Crippen LogP) is 1.96. The first-order chi connectivity index (χ1) is 15.5. The molecule has 0 unspecified atom stereocenters. The lowest BCUT2D eigenvalue weighted by molar-refractivity contribution is -0.118. The monoisotopic (exact) mass is 433 g/mol. The minimum Gasteiger partial charge on any atom is -0.454 e. The molecule has 2 aromatic rings. The fraction of sp³-hybridized carbons (Fsp3) is 0.292. The number of carbonyl (C=O) groups is 3. The topological polar surface area (TPSA) is 88.2 Å². The highest BCUT2D eigenvalue weighted by Gasteiger charge is 2.36. The molecule has 32 heavy (non-hydrogen) atoms. The van der Waals surface area contributed by atoms with Crippen molar-refractivity contribution < 1.29 is 23.9 Å². The Labute approximate surface area is 185 Å². The first kappa shape index (κ1) is 20.3. The maximum absolute atomic E-state index is 13.3. The maximum Gasteiger partial charge on any atom is 0.231 e. The highest BCUT2D eigenvalue weighted by molar-refractivity contribution is 6.27. The van der Waals surface area contributed by atoms with Crippen molar-refractivity contribution in [2.45, 2.75) is 13.5 Å². The summed E-state index contributed by atoms with van der Waals surface area (Å²) in [5.74, 6) is 0.592. The van der Waals surface area contributed by atoms with Crippen molar-refractivity contribution in [1.29, 1.82) is 0 Å². The fourth-order valence-corrected chi connectivity index (χ4v) is 4.38. The van der Waals surface area contributed by atoms with Crippen LogP contribution in [-0.2, 0) is 11.3 Å². The van der Waals surface area contributed by atoms with E-state index in [-0.39, 0.29) is 35.7 Å². The van der Waals surface area contributed by atoms with Crippen LogP contribution in [0.5, 0.6) is 11.5 Å². The zero-order chi connectivity index (χ0) is 22.2. The van der Waals surface area contributed by atoms with E-state index >= 15 is 0 Å². The Morgan fingerprint density at radius 3 is 2.34 bits per heavy atom. The SMILES string of the molecule is CC(=O)NC1=C(N2CCN(Cc3ccc4c(c3)OCO4)CC2)C(=O)c2ccccc2C1=O. The minimum absolute atomic E-state index is 0.0745. The van der Waals surface area contributed by atoms with Crippen LogP contribution >= 0.6 is 0 Å². The first-order valence-corrected chi connectivity index (χ1v) is 10.6. The van der Waals surface area contributed by atoms with Crippen LogP contribution in [0.4, 0.5) is 0 Å². The van der Waals surface area contributed by atoms with Gasteiger partial charge in [-0.25, -0.2) is 0 Å². The van der Waals surface area contributed by atoms with Crippen LogP contribution in [0.2, 0.25) is 0 Å². The van der Waals surface area contributed by atoms with Gasteiger partial charge in [-0.2, -0.15) is 0 Å². The Morgan fingerprint density at radius 2 is 1.62 bits per heavy atom. The molecule has 1 saturated heterocycles. The van der Waals surface area contributed by atoms with Crippen LogP contribution in [0.1, 0.15) is 33.2 Å². The number of amides is 1. The summed E-state index contributed by atoms with van der Waals surface area (Å²) >= 11 is 0. The Kier molecular flexibility index (Phi) is 5.14. The number of hydrogen-bond acceptors (Lipinski definition) is 7. The van der Waals surface area contributed by atoms with Gasteiger partial charge in [-0.15, -0.1) is 0 Å². The van der Waals surface area contributed by atoms with Gasteiger partial charge in [0.1, 0.15) is 11.4 Å². The zero-order valence-corrected chi connectivity index (χ0v) is 17.7. The normalized spacial score (nSPS) is 18.1. The van der Waals surface area contributed by atoms with Crippen molar-refractivity contribution in [3.8, 4) is 11.5 Å². The molecular weight excluding hydrogens is 410 g/mol. The molecule has 0 bridgehead atoms. The van der Waals surface area contributed by atoms with Gasteiger partial charge in [-0.05, 0) is 17.7 Å². The zero-order valence-electron chi connectivity index (χ0n) is 17.7. The van der Waals surface area contributed by atoms with Crippen molar-refractivity contribution in [2.75, 3.05) is 33.0 Å². The lowest BCUT2D eigenvalue weighted by Crippen LogP contribution is -2.49. The standard InChI is InChI=1S/C24H23N3O5/c1-15(28)25-21-22(24(30)18-5-3-2-4-17(18)23(21)29)27-10-8-26(9-11-27)13-16-6-7-19-20(12-16)32-14-31-19/h2-7,12H,8-11,13-14H2,1H3,(H,25,28). The number of allylic oxidation sites excluding steroid dienone is 2. The van der Waals surface area contributed by atoms with Crippen LogP contribution in [0.3, 0.4) is 0 Å². The Balaban J connectivity index is 1.34. The summed E-state index contributed by atoms with van der Waals surface area (Å²) in [6.45, 7) is 4.92. The summed E-state index contributed by atoms with van der Waals surface area (Å²) in [4.78, 5) is 42.3. The summed E-state index contributed by atoms with van der Waals surface area (Å²) in [6, 6.07) is 12.7. The second-order valence-corrected chi connectivity index (χ2v) is 8.06. The van der Waals surface area contributed by atoms with Crippen molar-refractivity contribution in [3.63, 3.8) is 0 Å². The van der Waals surface area contributed by atoms with Gasteiger partial charge in [0, 0.05) is 50.8 Å². The maximum atomic E-state index is 13.3. The number of fused-ring (bicyclic) bond motifs is 2. The molecular formula is C24H23N3O5. The molecule has 5 rings (SSSR count). The summed E-state index contributed by atoms with van der Waals surface area (Å²) in [5.41, 5.74) is 2.19. The minimum atomic E-state index is -0.375. The molecule has 3 aliphatic rings. The molecule has 0 spiro atoms. The van der Waals surface area contributed by atoms with Crippen LogP contribution < -0.4 is 14.8 Å². The van der Waals surface area contributed by atoms with E-state index in [1.54, 1.807) is 24.3 Å². The van der Waals surface area contributed by atoms with E-state index in [1.807, 2.05) is 23.1 Å². The van der Waals surface area contributed by atoms with Gasteiger partial charge in [-0.3, -0.25) is 19.3 Å². The number of ketones is 2. The van der Waals surface area contributed by atoms with E-state index < -0.39 is 0 Å². The van der Waals surface area contributed by atoms with Gasteiger partial charge in [0.2, 0.25) is 24.3 Å². The summed E-state index contributed by atoms with van der Waals surface area (Å²) in [6.07, 6.45) is 0. The second-order valence-electron chi connectivity index (χ2n) is 8.06. The number of carbonyl (C=O) groups excluding carboxylic acids is 3. The lowest BCUT2D eigenvalue weighted by Gasteiger charge is -2.38. The molecule has 1 amide bonds. The number of nitrogens with zero attached hydrogens (tertiary/aromatic N) is 2. The van der Waals surface area contributed by atoms with Crippen LogP contribution in [0.15, 0.2) is 53.9 Å². The van der Waals surface area contributed by atoms with E-state index in [0.29, 0.717) is 37.3 Å². The molecule has 1 fully saturated rings. The number of hydrogen-bond donors (Lipinski definition) is 1. The molecule has 0 aromatic heterocycles. The molecule has 0 saturated carbocycles. The Morgan fingerprint density at radius 1 is 0.938 bits per heavy atom. The summed E-state index contributed by atoms with van der Waals surface area (Å²) < 4.78 is 10.8. The summed E-state index contributed by atoms with van der Waals surface area (Å²) in [7, 11) is 0. The molecule has 1 N–H and O–H groups in total. The molecule has 2 heterocycles. The van der Waals surface area contributed by atoms with Crippen LogP contribution in [0, 0.1) is 0 Å². The highest BCUT2D eigenvalue weighted by Crippen LogP contribution is 2.33. The van der Waals surface area contributed by atoms with Gasteiger partial charge in [-0.1, -0.05) is 30.3 Å². The molecule has 1 aliphatic carbocycles. The Bertz CT molecular complexity index is 1150. The highest BCUT2D eigenvalue weighted by atomic mass is 16.7. The van der Waals surface area contributed by atoms with E-state index in [4.69, 9.17) is 9.47 Å². The third kappa shape index (κ3) is 3.62. The van der Waals surface area contributed by atoms with Gasteiger partial charge in [0.05, 0.1) is 0 Å². The van der Waals surface area contributed by atoms with Crippen molar-refractivity contribution in [2.24, 2.45) is 0 Å². The number of ether oxygens (including phenoxy) is 2. The van der Waals surface area contributed by atoms with Gasteiger partial charge in [0.15, 0.2) is 11.5 Å². The molecule has 164 valence electrons. The van der Waals surface area contributed by atoms with Gasteiger partial charge < -0.3 is 19.7 Å². The second kappa shape index (κ2) is 8.12. The molecule has 8 nitrogen and oxygen atoms in total. The third-order valence-electron chi connectivity index (χ3n) is 5.93. The van der Waals surface area contributed by atoms with E-state index in [9.17, 15) is 14.4 Å². The van der Waals surface area contributed by atoms with Crippen LogP contribution in [-0.4, -0.2) is 60.2 Å². The van der Waals surface area contributed by atoms with Crippen molar-refractivity contribution >= 4 is 17.5 Å². The third-order valence-corrected chi connectivity index (χ3v) is 5.93. The molecule has 0 atom stereocenters. The quantitative estimate of drug-likeness (QED) is 0.789. The summed E-state index contributed by atoms with van der Waals surface area (Å²) in [5, 5.41) is 2.61. The Hall–Kier alpha value is -3.65. The van der Waals surface area contributed by atoms with E-state index in [2.05, 4.69) is 10.2 Å². The van der Waals surface area contributed by atoms with Crippen molar-refractivity contribution in [1.82, 2.24) is 15.1 Å². The number of benzene rings is 2.